The quantitative estimate of drug-likeness (QED) is 0.895. The first-order chi connectivity index (χ1) is 9.06. The predicted molar refractivity (Wildman–Crippen MR) is 73.1 cm³/mol. The average molecular weight is 265 g/mol. The van der Waals surface area contributed by atoms with Crippen LogP contribution in [0.15, 0.2) is 0 Å². The molecule has 5 heteroatoms. The summed E-state index contributed by atoms with van der Waals surface area (Å²) in [4.78, 5) is 14.6. The monoisotopic (exact) mass is 265 g/mol. The van der Waals surface area contributed by atoms with Crippen molar-refractivity contribution in [1.82, 2.24) is 14.7 Å². The number of carbonyl (C=O) groups is 1. The van der Waals surface area contributed by atoms with Crippen LogP contribution in [0, 0.1) is 13.8 Å². The third-order valence-corrected chi connectivity index (χ3v) is 4.09. The van der Waals surface area contributed by atoms with Crippen LogP contribution in [0.1, 0.15) is 47.4 Å². The van der Waals surface area contributed by atoms with Gasteiger partial charge in [0.15, 0.2) is 0 Å². The van der Waals surface area contributed by atoms with Crippen LogP contribution in [0.5, 0.6) is 0 Å². The van der Waals surface area contributed by atoms with Crippen molar-refractivity contribution in [2.45, 2.75) is 45.6 Å². The number of aliphatic hydroxyl groups is 1. The average Bonchev–Trinajstić information content (AvgIpc) is 2.96. The van der Waals surface area contributed by atoms with E-state index in [4.69, 9.17) is 0 Å². The Labute approximate surface area is 114 Å². The molecule has 1 fully saturated rings. The third-order valence-electron chi connectivity index (χ3n) is 4.09. The maximum absolute atomic E-state index is 12.7. The Kier molecular flexibility index (Phi) is 4.24. The molecule has 1 N–H and O–H groups in total. The number of hydrogen-bond acceptors (Lipinski definition) is 3. The van der Waals surface area contributed by atoms with E-state index in [0.717, 1.165) is 24.2 Å². The normalized spacial score (nSPS) is 16.0. The van der Waals surface area contributed by atoms with Crippen LogP contribution < -0.4 is 0 Å². The van der Waals surface area contributed by atoms with Crippen LogP contribution in [0.3, 0.4) is 0 Å². The fraction of sp³-hybridized carbons (Fsp3) is 0.714. The maximum atomic E-state index is 12.7. The molecule has 1 aromatic heterocycles. The summed E-state index contributed by atoms with van der Waals surface area (Å²) >= 11 is 0. The van der Waals surface area contributed by atoms with E-state index < -0.39 is 0 Å². The van der Waals surface area contributed by atoms with Crippen molar-refractivity contribution in [1.29, 1.82) is 0 Å². The van der Waals surface area contributed by atoms with E-state index in [9.17, 15) is 9.90 Å². The molecule has 1 amide bonds. The molecule has 1 aromatic rings. The van der Waals surface area contributed by atoms with E-state index in [-0.39, 0.29) is 18.6 Å². The number of rotatable bonds is 4. The molecular formula is C14H23N3O2. The highest BCUT2D eigenvalue weighted by atomic mass is 16.3. The van der Waals surface area contributed by atoms with Gasteiger partial charge in [0.05, 0.1) is 17.9 Å². The van der Waals surface area contributed by atoms with Gasteiger partial charge in [-0.3, -0.25) is 9.48 Å². The largest absolute Gasteiger partial charge is 0.395 e. The number of amides is 1. The Balaban J connectivity index is 2.28. The molecule has 106 valence electrons. The lowest BCUT2D eigenvalue weighted by Crippen LogP contribution is -2.41. The summed E-state index contributed by atoms with van der Waals surface area (Å²) in [5, 5.41) is 13.5. The van der Waals surface area contributed by atoms with E-state index in [1.54, 1.807) is 4.68 Å². The van der Waals surface area contributed by atoms with Crippen molar-refractivity contribution < 1.29 is 9.90 Å². The molecule has 0 aromatic carbocycles. The Hall–Kier alpha value is -1.36. The van der Waals surface area contributed by atoms with Gasteiger partial charge in [0.1, 0.15) is 0 Å². The van der Waals surface area contributed by atoms with Gasteiger partial charge in [0.25, 0.3) is 5.91 Å². The summed E-state index contributed by atoms with van der Waals surface area (Å²) in [6.07, 6.45) is 4.43. The van der Waals surface area contributed by atoms with Gasteiger partial charge >= 0.3 is 0 Å². The molecular weight excluding hydrogens is 242 g/mol. The highest BCUT2D eigenvalue weighted by Gasteiger charge is 2.29. The van der Waals surface area contributed by atoms with E-state index in [2.05, 4.69) is 5.10 Å². The van der Waals surface area contributed by atoms with Crippen LogP contribution in [0.25, 0.3) is 0 Å². The van der Waals surface area contributed by atoms with Gasteiger partial charge in [-0.1, -0.05) is 12.8 Å². The van der Waals surface area contributed by atoms with Gasteiger partial charge in [-0.15, -0.1) is 0 Å². The minimum absolute atomic E-state index is 0.0145. The summed E-state index contributed by atoms with van der Waals surface area (Å²) in [7, 11) is 1.85. The highest BCUT2D eigenvalue weighted by molar-refractivity contribution is 5.96. The summed E-state index contributed by atoms with van der Waals surface area (Å²) in [6.45, 7) is 4.21. The summed E-state index contributed by atoms with van der Waals surface area (Å²) in [6, 6.07) is 0.277. The van der Waals surface area contributed by atoms with Crippen molar-refractivity contribution in [3.05, 3.63) is 17.0 Å². The van der Waals surface area contributed by atoms with Crippen molar-refractivity contribution >= 4 is 5.91 Å². The second kappa shape index (κ2) is 5.74. The molecule has 0 aliphatic heterocycles. The molecule has 0 saturated heterocycles. The van der Waals surface area contributed by atoms with E-state index in [1.807, 2.05) is 25.8 Å². The van der Waals surface area contributed by atoms with Crippen molar-refractivity contribution in [2.24, 2.45) is 7.05 Å². The zero-order valence-corrected chi connectivity index (χ0v) is 12.0. The molecule has 1 aliphatic rings. The zero-order valence-electron chi connectivity index (χ0n) is 12.0. The van der Waals surface area contributed by atoms with Gasteiger partial charge in [0.2, 0.25) is 0 Å². The fourth-order valence-electron chi connectivity index (χ4n) is 3.00. The van der Waals surface area contributed by atoms with Crippen molar-refractivity contribution in [3.8, 4) is 0 Å². The Morgan fingerprint density at radius 3 is 2.53 bits per heavy atom. The maximum Gasteiger partial charge on any atom is 0.257 e. The number of aliphatic hydroxyl groups excluding tert-OH is 1. The molecule has 5 nitrogen and oxygen atoms in total. The van der Waals surface area contributed by atoms with E-state index in [1.165, 1.54) is 12.8 Å². The van der Waals surface area contributed by atoms with Gasteiger partial charge < -0.3 is 10.0 Å². The summed E-state index contributed by atoms with van der Waals surface area (Å²) < 4.78 is 1.74. The zero-order chi connectivity index (χ0) is 14.0. The molecule has 1 aliphatic carbocycles. The topological polar surface area (TPSA) is 58.4 Å². The number of nitrogens with zero attached hydrogens (tertiary/aromatic N) is 3. The highest BCUT2D eigenvalue weighted by Crippen LogP contribution is 2.26. The molecule has 0 unspecified atom stereocenters. The lowest BCUT2D eigenvalue weighted by atomic mass is 10.1. The van der Waals surface area contributed by atoms with Gasteiger partial charge in [-0.25, -0.2) is 0 Å². The van der Waals surface area contributed by atoms with Crippen LogP contribution in [-0.4, -0.2) is 44.9 Å². The standard InChI is InChI=1S/C14H23N3O2/c1-10-13(11(2)16(3)15-10)14(19)17(8-9-18)12-6-4-5-7-12/h12,18H,4-9H2,1-3H3. The smallest absolute Gasteiger partial charge is 0.257 e. The minimum Gasteiger partial charge on any atom is -0.395 e. The number of aromatic nitrogens is 2. The second-order valence-corrected chi connectivity index (χ2v) is 5.33. The Morgan fingerprint density at radius 2 is 2.05 bits per heavy atom. The second-order valence-electron chi connectivity index (χ2n) is 5.33. The lowest BCUT2D eigenvalue weighted by molar-refractivity contribution is 0.0636. The van der Waals surface area contributed by atoms with Crippen LogP contribution in [-0.2, 0) is 7.05 Å². The van der Waals surface area contributed by atoms with Gasteiger partial charge in [-0.2, -0.15) is 5.10 Å². The molecule has 0 bridgehead atoms. The lowest BCUT2D eigenvalue weighted by Gasteiger charge is -2.28. The van der Waals surface area contributed by atoms with Crippen LogP contribution >= 0.6 is 0 Å². The molecule has 0 atom stereocenters. The molecule has 1 saturated carbocycles. The SMILES string of the molecule is Cc1nn(C)c(C)c1C(=O)N(CCO)C1CCCC1. The molecule has 0 radical (unpaired) electrons. The Morgan fingerprint density at radius 1 is 1.42 bits per heavy atom. The third kappa shape index (κ3) is 2.66. The summed E-state index contributed by atoms with van der Waals surface area (Å²) in [5.41, 5.74) is 2.36. The first-order valence-electron chi connectivity index (χ1n) is 6.98. The predicted octanol–water partition coefficient (Wildman–Crippen LogP) is 1.41. The number of aryl methyl sites for hydroxylation is 2. The molecule has 2 rings (SSSR count). The first-order valence-corrected chi connectivity index (χ1v) is 6.98. The fourth-order valence-corrected chi connectivity index (χ4v) is 3.00. The van der Waals surface area contributed by atoms with Crippen LogP contribution in [0.4, 0.5) is 0 Å². The van der Waals surface area contributed by atoms with Crippen molar-refractivity contribution in [2.75, 3.05) is 13.2 Å². The summed E-state index contributed by atoms with van der Waals surface area (Å²) in [5.74, 6) is 0.0176. The van der Waals surface area contributed by atoms with Gasteiger partial charge in [-0.05, 0) is 26.7 Å². The number of carbonyl (C=O) groups excluding carboxylic acids is 1. The van der Waals surface area contributed by atoms with E-state index >= 15 is 0 Å². The molecule has 0 spiro atoms. The van der Waals surface area contributed by atoms with E-state index in [0.29, 0.717) is 12.1 Å². The van der Waals surface area contributed by atoms with Gasteiger partial charge in [0, 0.05) is 25.3 Å². The van der Waals surface area contributed by atoms with Crippen LogP contribution in [0.2, 0.25) is 0 Å². The minimum atomic E-state index is 0.0145. The molecule has 1 heterocycles. The first kappa shape index (κ1) is 14.1. The Bertz CT molecular complexity index is 462. The number of hydrogen-bond donors (Lipinski definition) is 1. The molecule has 19 heavy (non-hydrogen) atoms. The van der Waals surface area contributed by atoms with Crippen molar-refractivity contribution in [3.63, 3.8) is 0 Å².